The molecule has 2 aromatic carbocycles. The van der Waals surface area contributed by atoms with Crippen molar-refractivity contribution in [2.75, 3.05) is 20.0 Å². The van der Waals surface area contributed by atoms with Crippen LogP contribution in [0.15, 0.2) is 42.5 Å². The lowest BCUT2D eigenvalue weighted by molar-refractivity contribution is -0.144. The van der Waals surface area contributed by atoms with Gasteiger partial charge in [0.1, 0.15) is 17.3 Å². The van der Waals surface area contributed by atoms with Gasteiger partial charge in [0.15, 0.2) is 12.4 Å². The van der Waals surface area contributed by atoms with Gasteiger partial charge >= 0.3 is 5.97 Å². The van der Waals surface area contributed by atoms with E-state index in [2.05, 4.69) is 9.97 Å². The Morgan fingerprint density at radius 1 is 1.08 bits per heavy atom. The lowest BCUT2D eigenvalue weighted by atomic mass is 10.1. The Balaban J connectivity index is 1.68. The summed E-state index contributed by atoms with van der Waals surface area (Å²) in [6.07, 6.45) is 0.0657. The molecule has 2 N–H and O–H groups in total. The molecule has 7 nitrogen and oxygen atoms in total. The number of nitrogens with two attached hydrogens (primary N) is 1. The number of nitrogen functional groups attached to an aromatic ring is 1. The van der Waals surface area contributed by atoms with Crippen molar-refractivity contribution in [1.82, 2.24) is 9.97 Å². The van der Waals surface area contributed by atoms with Crippen molar-refractivity contribution in [3.63, 3.8) is 0 Å². The summed E-state index contributed by atoms with van der Waals surface area (Å²) < 4.78 is 15.7. The minimum Gasteiger partial charge on any atom is -0.497 e. The van der Waals surface area contributed by atoms with Gasteiger partial charge in [0.05, 0.1) is 26.2 Å². The molecule has 0 unspecified atom stereocenters. The molecule has 0 aliphatic rings. The summed E-state index contributed by atoms with van der Waals surface area (Å²) in [5.74, 6) is 1.52. The van der Waals surface area contributed by atoms with Gasteiger partial charge < -0.3 is 19.9 Å². The van der Waals surface area contributed by atoms with Gasteiger partial charge in [-0.3, -0.25) is 4.79 Å². The van der Waals surface area contributed by atoms with E-state index in [-0.39, 0.29) is 13.0 Å². The summed E-state index contributed by atoms with van der Waals surface area (Å²) in [5.41, 5.74) is 7.35. The number of esters is 1. The summed E-state index contributed by atoms with van der Waals surface area (Å²) in [6.45, 7) is -0.0493. The van der Waals surface area contributed by atoms with Crippen LogP contribution < -0.4 is 15.2 Å². The maximum Gasteiger partial charge on any atom is 0.310 e. The predicted molar refractivity (Wildman–Crippen MR) is 97.0 cm³/mol. The molecule has 7 heteroatoms. The Morgan fingerprint density at radius 2 is 1.88 bits per heavy atom. The highest BCUT2D eigenvalue weighted by Crippen LogP contribution is 2.25. The SMILES string of the molecule is COc1ccc(CC(=O)OCc2nc(N)c3ccccc3n2)c(OC)c1. The monoisotopic (exact) mass is 353 g/mol. The van der Waals surface area contributed by atoms with Crippen molar-refractivity contribution in [2.45, 2.75) is 13.0 Å². The van der Waals surface area contributed by atoms with E-state index in [1.807, 2.05) is 24.3 Å². The molecule has 0 spiro atoms. The van der Waals surface area contributed by atoms with Crippen LogP contribution >= 0.6 is 0 Å². The summed E-state index contributed by atoms with van der Waals surface area (Å²) in [5, 5.41) is 0.769. The zero-order valence-electron chi connectivity index (χ0n) is 14.6. The number of aromatic nitrogens is 2. The molecule has 0 fully saturated rings. The number of rotatable bonds is 6. The third-order valence-electron chi connectivity index (χ3n) is 3.87. The number of fused-ring (bicyclic) bond motifs is 1. The highest BCUT2D eigenvalue weighted by atomic mass is 16.5. The van der Waals surface area contributed by atoms with E-state index in [0.29, 0.717) is 34.2 Å². The first-order valence-electron chi connectivity index (χ1n) is 7.98. The van der Waals surface area contributed by atoms with Crippen LogP contribution in [0.3, 0.4) is 0 Å². The second-order valence-corrected chi connectivity index (χ2v) is 5.56. The molecule has 0 radical (unpaired) electrons. The fraction of sp³-hybridized carbons (Fsp3) is 0.211. The van der Waals surface area contributed by atoms with Crippen LogP contribution in [0.1, 0.15) is 11.4 Å². The molecular weight excluding hydrogens is 334 g/mol. The van der Waals surface area contributed by atoms with Gasteiger partial charge in [-0.1, -0.05) is 18.2 Å². The normalized spacial score (nSPS) is 10.5. The number of methoxy groups -OCH3 is 2. The maximum atomic E-state index is 12.2. The standard InChI is InChI=1S/C19H19N3O4/c1-24-13-8-7-12(16(10-13)25-2)9-18(23)26-11-17-21-15-6-4-3-5-14(15)19(20)22-17/h3-8,10H,9,11H2,1-2H3,(H2,20,21,22). The minimum absolute atomic E-state index is 0.0493. The number of nitrogens with zero attached hydrogens (tertiary/aromatic N) is 2. The van der Waals surface area contributed by atoms with E-state index in [9.17, 15) is 4.79 Å². The summed E-state index contributed by atoms with van der Waals surface area (Å²) in [7, 11) is 3.10. The molecule has 0 amide bonds. The average Bonchev–Trinajstić information content (AvgIpc) is 2.66. The number of ether oxygens (including phenoxy) is 3. The molecule has 26 heavy (non-hydrogen) atoms. The van der Waals surface area contributed by atoms with Gasteiger partial charge in [-0.2, -0.15) is 0 Å². The van der Waals surface area contributed by atoms with Crippen molar-refractivity contribution in [3.8, 4) is 11.5 Å². The van der Waals surface area contributed by atoms with Gasteiger partial charge in [-0.05, 0) is 18.2 Å². The molecular formula is C19H19N3O4. The first-order chi connectivity index (χ1) is 12.6. The largest absolute Gasteiger partial charge is 0.497 e. The second kappa shape index (κ2) is 7.69. The number of carbonyl (C=O) groups excluding carboxylic acids is 1. The summed E-state index contributed by atoms with van der Waals surface area (Å²) >= 11 is 0. The smallest absolute Gasteiger partial charge is 0.310 e. The second-order valence-electron chi connectivity index (χ2n) is 5.56. The van der Waals surface area contributed by atoms with E-state index in [0.717, 1.165) is 5.39 Å². The first-order valence-corrected chi connectivity index (χ1v) is 7.98. The van der Waals surface area contributed by atoms with Crippen LogP contribution in [0.5, 0.6) is 11.5 Å². The molecule has 3 rings (SSSR count). The van der Waals surface area contributed by atoms with Gasteiger partial charge in [0.25, 0.3) is 0 Å². The van der Waals surface area contributed by atoms with Crippen LogP contribution in [-0.2, 0) is 22.6 Å². The number of hydrogen-bond donors (Lipinski definition) is 1. The molecule has 0 aliphatic carbocycles. The van der Waals surface area contributed by atoms with E-state index >= 15 is 0 Å². The first kappa shape index (κ1) is 17.5. The third-order valence-corrected chi connectivity index (χ3v) is 3.87. The van der Waals surface area contributed by atoms with Gasteiger partial charge in [-0.25, -0.2) is 9.97 Å². The molecule has 3 aromatic rings. The van der Waals surface area contributed by atoms with E-state index < -0.39 is 5.97 Å². The van der Waals surface area contributed by atoms with Crippen LogP contribution in [0.25, 0.3) is 10.9 Å². The quantitative estimate of drug-likeness (QED) is 0.680. The number of carbonyl (C=O) groups is 1. The highest BCUT2D eigenvalue weighted by molar-refractivity contribution is 5.87. The Morgan fingerprint density at radius 3 is 2.65 bits per heavy atom. The summed E-state index contributed by atoms with van der Waals surface area (Å²) in [6, 6.07) is 12.7. The molecule has 134 valence electrons. The Hall–Kier alpha value is -3.35. The van der Waals surface area contributed by atoms with Crippen molar-refractivity contribution in [3.05, 3.63) is 53.9 Å². The number of anilines is 1. The fourth-order valence-electron chi connectivity index (χ4n) is 2.57. The molecule has 0 saturated carbocycles. The Bertz CT molecular complexity index is 943. The Kier molecular flexibility index (Phi) is 5.17. The number of para-hydroxylation sites is 1. The summed E-state index contributed by atoms with van der Waals surface area (Å²) in [4.78, 5) is 20.7. The van der Waals surface area contributed by atoms with E-state index in [1.54, 1.807) is 25.3 Å². The van der Waals surface area contributed by atoms with Crippen molar-refractivity contribution >= 4 is 22.7 Å². The maximum absolute atomic E-state index is 12.2. The predicted octanol–water partition coefficient (Wildman–Crippen LogP) is 2.52. The van der Waals surface area contributed by atoms with Gasteiger partial charge in [0.2, 0.25) is 0 Å². The van der Waals surface area contributed by atoms with Crippen LogP contribution in [-0.4, -0.2) is 30.2 Å². The minimum atomic E-state index is -0.413. The third kappa shape index (κ3) is 3.83. The van der Waals surface area contributed by atoms with Crippen LogP contribution in [0, 0.1) is 0 Å². The van der Waals surface area contributed by atoms with E-state index in [4.69, 9.17) is 19.9 Å². The van der Waals surface area contributed by atoms with Gasteiger partial charge in [0, 0.05) is 17.0 Å². The zero-order chi connectivity index (χ0) is 18.5. The molecule has 0 saturated heterocycles. The lowest BCUT2D eigenvalue weighted by Gasteiger charge is -2.10. The molecule has 0 aliphatic heterocycles. The van der Waals surface area contributed by atoms with Gasteiger partial charge in [-0.15, -0.1) is 0 Å². The molecule has 1 heterocycles. The molecule has 0 bridgehead atoms. The van der Waals surface area contributed by atoms with E-state index in [1.165, 1.54) is 7.11 Å². The van der Waals surface area contributed by atoms with Crippen molar-refractivity contribution in [2.24, 2.45) is 0 Å². The number of hydrogen-bond acceptors (Lipinski definition) is 7. The van der Waals surface area contributed by atoms with Crippen LogP contribution in [0.4, 0.5) is 5.82 Å². The van der Waals surface area contributed by atoms with Crippen LogP contribution in [0.2, 0.25) is 0 Å². The molecule has 0 atom stereocenters. The van der Waals surface area contributed by atoms with Crippen molar-refractivity contribution in [1.29, 1.82) is 0 Å². The zero-order valence-corrected chi connectivity index (χ0v) is 14.6. The lowest BCUT2D eigenvalue weighted by Crippen LogP contribution is -2.11. The average molecular weight is 353 g/mol. The fourth-order valence-corrected chi connectivity index (χ4v) is 2.57. The highest BCUT2D eigenvalue weighted by Gasteiger charge is 2.13. The molecule has 1 aromatic heterocycles. The topological polar surface area (TPSA) is 96.6 Å². The van der Waals surface area contributed by atoms with Crippen molar-refractivity contribution < 1.29 is 19.0 Å². The Labute approximate surface area is 150 Å². The number of benzene rings is 2.